The first-order chi connectivity index (χ1) is 17.3. The standard InChI is InChI=1S/C26H36FNO9/c1-15-11-19-18-7-6-16-12-17(30)8-9-23(16,2)25(18,27)20(31)13-24(19,3)26(15,21(32)14-29)37-22(33)5-4-10-36-28(34)35/h8-9,12,15,18-20,29,31,34-35H,4-7,10-11,13-14H2,1-3H3/t15-,18?,19?,20?,23+,24+,25+,26+/m1/s1. The molecule has 0 aliphatic heterocycles. The number of nitrogens with zero attached hydrogens (tertiary/aromatic N) is 1. The van der Waals surface area contributed by atoms with Crippen molar-refractivity contribution in [1.29, 1.82) is 0 Å². The third-order valence-corrected chi connectivity index (χ3v) is 9.75. The van der Waals surface area contributed by atoms with Gasteiger partial charge in [-0.2, -0.15) is 0 Å². The van der Waals surface area contributed by atoms with Gasteiger partial charge < -0.3 is 14.9 Å². The summed E-state index contributed by atoms with van der Waals surface area (Å²) in [6.45, 7) is 4.09. The van der Waals surface area contributed by atoms with E-state index in [-0.39, 0.29) is 31.7 Å². The molecule has 0 bridgehead atoms. The summed E-state index contributed by atoms with van der Waals surface area (Å²) in [6, 6.07) is 0. The highest BCUT2D eigenvalue weighted by atomic mass is 19.1. The van der Waals surface area contributed by atoms with Gasteiger partial charge in [0, 0.05) is 29.1 Å². The molecule has 0 heterocycles. The van der Waals surface area contributed by atoms with Crippen molar-refractivity contribution >= 4 is 17.5 Å². The minimum atomic E-state index is -2.10. The molecule has 0 aromatic heterocycles. The fourth-order valence-corrected chi connectivity index (χ4v) is 8.11. The predicted molar refractivity (Wildman–Crippen MR) is 124 cm³/mol. The molecule has 4 aliphatic carbocycles. The van der Waals surface area contributed by atoms with Crippen molar-refractivity contribution in [3.05, 3.63) is 23.8 Å². The lowest BCUT2D eigenvalue weighted by molar-refractivity contribution is -0.492. The van der Waals surface area contributed by atoms with Crippen LogP contribution in [0.15, 0.2) is 23.8 Å². The Morgan fingerprint density at radius 1 is 1.24 bits per heavy atom. The largest absolute Gasteiger partial charge is 0.450 e. The van der Waals surface area contributed by atoms with Gasteiger partial charge in [0.15, 0.2) is 17.1 Å². The van der Waals surface area contributed by atoms with Crippen LogP contribution in [-0.4, -0.2) is 74.1 Å². The minimum Gasteiger partial charge on any atom is -0.450 e. The highest BCUT2D eigenvalue weighted by Crippen LogP contribution is 2.71. The normalized spacial score (nSPS) is 42.6. The molecule has 206 valence electrons. The summed E-state index contributed by atoms with van der Waals surface area (Å²) < 4.78 is 23.2. The number of carbonyl (C=O) groups is 3. The van der Waals surface area contributed by atoms with Gasteiger partial charge in [0.05, 0.1) is 18.1 Å². The summed E-state index contributed by atoms with van der Waals surface area (Å²) in [5.74, 6) is -3.34. The first-order valence-corrected chi connectivity index (χ1v) is 12.8. The SMILES string of the molecule is C[C@@H]1CC2C3CCC4=CC(=O)C=C[C@]4(C)[C@@]3(F)C(O)C[C@]2(C)[C@@]1(OC(=O)CCCON(O)O)C(=O)CO. The third-order valence-electron chi connectivity index (χ3n) is 9.75. The highest BCUT2D eigenvalue weighted by molar-refractivity contribution is 6.01. The summed E-state index contributed by atoms with van der Waals surface area (Å²) in [5.41, 5.74) is -5.58. The second kappa shape index (κ2) is 9.62. The average molecular weight is 526 g/mol. The van der Waals surface area contributed by atoms with E-state index in [0.717, 1.165) is 0 Å². The molecule has 0 aromatic rings. The Morgan fingerprint density at radius 2 is 1.95 bits per heavy atom. The number of carbonyl (C=O) groups excluding carboxylic acids is 3. The molecule has 0 aromatic carbocycles. The van der Waals surface area contributed by atoms with Crippen LogP contribution in [-0.2, 0) is 24.0 Å². The maximum Gasteiger partial charge on any atom is 0.306 e. The van der Waals surface area contributed by atoms with Crippen LogP contribution in [0.3, 0.4) is 0 Å². The molecule has 0 saturated heterocycles. The van der Waals surface area contributed by atoms with Gasteiger partial charge in [-0.3, -0.25) is 29.6 Å². The van der Waals surface area contributed by atoms with E-state index in [1.165, 1.54) is 12.2 Å². The van der Waals surface area contributed by atoms with E-state index in [0.29, 0.717) is 24.8 Å². The predicted octanol–water partition coefficient (Wildman–Crippen LogP) is 2.24. The zero-order valence-electron chi connectivity index (χ0n) is 21.4. The van der Waals surface area contributed by atoms with Gasteiger partial charge in [-0.15, -0.1) is 0 Å². The van der Waals surface area contributed by atoms with E-state index >= 15 is 4.39 Å². The van der Waals surface area contributed by atoms with Crippen molar-refractivity contribution in [2.45, 2.75) is 76.7 Å². The molecular formula is C26H36FNO9. The molecular weight excluding hydrogens is 489 g/mol. The maximum absolute atomic E-state index is 17.3. The van der Waals surface area contributed by atoms with Crippen molar-refractivity contribution in [3.8, 4) is 0 Å². The number of hydrogen-bond donors (Lipinski definition) is 4. The first-order valence-electron chi connectivity index (χ1n) is 12.8. The molecule has 37 heavy (non-hydrogen) atoms. The van der Waals surface area contributed by atoms with E-state index in [9.17, 15) is 24.6 Å². The summed E-state index contributed by atoms with van der Waals surface area (Å²) >= 11 is 0. The number of ether oxygens (including phenoxy) is 1. The molecule has 4 aliphatic rings. The number of allylic oxidation sites excluding steroid dienone is 4. The second-order valence-electron chi connectivity index (χ2n) is 11.4. The smallest absolute Gasteiger partial charge is 0.306 e. The van der Waals surface area contributed by atoms with Gasteiger partial charge >= 0.3 is 5.97 Å². The lowest BCUT2D eigenvalue weighted by Gasteiger charge is -2.62. The number of fused-ring (bicyclic) bond motifs is 5. The molecule has 0 radical (unpaired) electrons. The molecule has 11 heteroatoms. The number of esters is 1. The zero-order valence-corrected chi connectivity index (χ0v) is 21.4. The minimum absolute atomic E-state index is 0.0612. The average Bonchev–Trinajstić information content (AvgIpc) is 3.04. The molecule has 3 fully saturated rings. The van der Waals surface area contributed by atoms with E-state index in [2.05, 4.69) is 4.84 Å². The van der Waals surface area contributed by atoms with Crippen LogP contribution in [0.4, 0.5) is 4.39 Å². The van der Waals surface area contributed by atoms with Gasteiger partial charge in [-0.05, 0) is 57.1 Å². The van der Waals surface area contributed by atoms with Crippen LogP contribution >= 0.6 is 0 Å². The number of rotatable bonds is 8. The lowest BCUT2D eigenvalue weighted by atomic mass is 9.44. The van der Waals surface area contributed by atoms with Crippen LogP contribution in [0.1, 0.15) is 59.3 Å². The zero-order chi connectivity index (χ0) is 27.4. The molecule has 0 spiro atoms. The number of Topliss-reactive ketones (excluding diaryl/α,β-unsaturated/α-hetero) is 1. The fraction of sp³-hybridized carbons (Fsp3) is 0.731. The Balaban J connectivity index is 1.69. The molecule has 0 amide bonds. The third kappa shape index (κ3) is 3.93. The Morgan fingerprint density at radius 3 is 2.59 bits per heavy atom. The summed E-state index contributed by atoms with van der Waals surface area (Å²) in [7, 11) is 0. The Hall–Kier alpha value is -2.02. The number of aliphatic hydroxyl groups is 2. The van der Waals surface area contributed by atoms with Crippen LogP contribution in [0, 0.1) is 28.6 Å². The topological polar surface area (TPSA) is 154 Å². The summed E-state index contributed by atoms with van der Waals surface area (Å²) in [6.07, 6.45) is 3.67. The van der Waals surface area contributed by atoms with Crippen LogP contribution < -0.4 is 0 Å². The van der Waals surface area contributed by atoms with Crippen molar-refractivity contribution in [2.75, 3.05) is 13.2 Å². The Bertz CT molecular complexity index is 1030. The van der Waals surface area contributed by atoms with Crippen LogP contribution in [0.2, 0.25) is 0 Å². The number of hydrogen-bond acceptors (Lipinski definition) is 10. The highest BCUT2D eigenvalue weighted by Gasteiger charge is 2.77. The molecule has 10 nitrogen and oxygen atoms in total. The van der Waals surface area contributed by atoms with Crippen LogP contribution in [0.5, 0.6) is 0 Å². The second-order valence-corrected chi connectivity index (χ2v) is 11.4. The van der Waals surface area contributed by atoms with Crippen molar-refractivity contribution in [2.24, 2.45) is 28.6 Å². The van der Waals surface area contributed by atoms with Gasteiger partial charge in [0.25, 0.3) is 0 Å². The Kier molecular flexibility index (Phi) is 7.28. The fourth-order valence-electron chi connectivity index (χ4n) is 8.11. The molecule has 4 N–H and O–H groups in total. The van der Waals surface area contributed by atoms with Gasteiger partial charge in [0.1, 0.15) is 6.61 Å². The first kappa shape index (κ1) is 28.0. The summed E-state index contributed by atoms with van der Waals surface area (Å²) in [5, 5.41) is 38.2. The van der Waals surface area contributed by atoms with Crippen molar-refractivity contribution in [3.63, 3.8) is 0 Å². The van der Waals surface area contributed by atoms with E-state index in [1.807, 2.05) is 0 Å². The number of aliphatic hydroxyl groups excluding tert-OH is 2. The van der Waals surface area contributed by atoms with Crippen molar-refractivity contribution in [1.82, 2.24) is 5.39 Å². The van der Waals surface area contributed by atoms with Crippen molar-refractivity contribution < 1.29 is 49.0 Å². The van der Waals surface area contributed by atoms with E-state index in [1.54, 1.807) is 26.8 Å². The monoisotopic (exact) mass is 525 g/mol. The van der Waals surface area contributed by atoms with Gasteiger partial charge in [0.2, 0.25) is 5.78 Å². The molecule has 3 unspecified atom stereocenters. The molecule has 8 atom stereocenters. The number of alkyl halides is 1. The quantitative estimate of drug-likeness (QED) is 0.211. The van der Waals surface area contributed by atoms with E-state index in [4.69, 9.17) is 15.2 Å². The maximum atomic E-state index is 17.3. The molecule has 3 saturated carbocycles. The number of ketones is 2. The van der Waals surface area contributed by atoms with Crippen LogP contribution in [0.25, 0.3) is 0 Å². The Labute approximate surface area is 214 Å². The number of halogens is 1. The van der Waals surface area contributed by atoms with E-state index < -0.39 is 69.7 Å². The van der Waals surface area contributed by atoms with Gasteiger partial charge in [-0.25, -0.2) is 4.39 Å². The summed E-state index contributed by atoms with van der Waals surface area (Å²) in [4.78, 5) is 42.7. The van der Waals surface area contributed by atoms with Gasteiger partial charge in [-0.1, -0.05) is 25.5 Å². The lowest BCUT2D eigenvalue weighted by Crippen LogP contribution is -2.70. The molecule has 4 rings (SSSR count).